The number of rotatable bonds is 3. The molecule has 1 heterocycles. The molecule has 3 heteroatoms. The fraction of sp³-hybridized carbons (Fsp3) is 0.500. The Balaban J connectivity index is 2.84. The van der Waals surface area contributed by atoms with Gasteiger partial charge in [0.05, 0.1) is 5.02 Å². The van der Waals surface area contributed by atoms with Crippen LogP contribution in [-0.4, -0.2) is 4.98 Å². The van der Waals surface area contributed by atoms with Crippen molar-refractivity contribution in [2.24, 2.45) is 0 Å². The largest absolute Gasteiger partial charge is 0.247 e. The van der Waals surface area contributed by atoms with E-state index in [1.807, 2.05) is 12.3 Å². The average Bonchev–Trinajstić information content (AvgIpc) is 2.10. The molecule has 0 saturated carbocycles. The van der Waals surface area contributed by atoms with E-state index < -0.39 is 0 Å². The molecule has 0 fully saturated rings. The summed E-state index contributed by atoms with van der Waals surface area (Å²) >= 11 is 9.22. The van der Waals surface area contributed by atoms with Gasteiger partial charge in [0, 0.05) is 6.20 Å². The van der Waals surface area contributed by atoms with E-state index in [0.29, 0.717) is 10.9 Å². The van der Waals surface area contributed by atoms with Gasteiger partial charge in [-0.15, -0.1) is 0 Å². The normalized spacial score (nSPS) is 12.9. The van der Waals surface area contributed by atoms with Crippen LogP contribution in [0.3, 0.4) is 0 Å². The Labute approximate surface area is 92.6 Å². The highest BCUT2D eigenvalue weighted by molar-refractivity contribution is 9.10. The minimum Gasteiger partial charge on any atom is -0.247 e. The summed E-state index contributed by atoms with van der Waals surface area (Å²) in [6, 6.07) is 1.99. The number of pyridine rings is 1. The molecule has 0 aliphatic carbocycles. The number of halogens is 2. The van der Waals surface area contributed by atoms with Crippen molar-refractivity contribution in [3.8, 4) is 0 Å². The van der Waals surface area contributed by atoms with Crippen LogP contribution >= 0.6 is 27.5 Å². The smallest absolute Gasteiger partial charge is 0.124 e. The summed E-state index contributed by atoms with van der Waals surface area (Å²) in [5.74, 6) is 0.545. The van der Waals surface area contributed by atoms with Gasteiger partial charge in [0.15, 0.2) is 0 Å². The number of hydrogen-bond donors (Lipinski definition) is 0. The zero-order chi connectivity index (χ0) is 9.84. The maximum atomic E-state index is 5.95. The van der Waals surface area contributed by atoms with E-state index in [-0.39, 0.29) is 0 Å². The van der Waals surface area contributed by atoms with E-state index in [1.165, 1.54) is 18.4 Å². The molecular weight excluding hydrogens is 249 g/mol. The maximum absolute atomic E-state index is 5.95. The summed E-state index contributed by atoms with van der Waals surface area (Å²) in [6.07, 6.45) is 4.25. The lowest BCUT2D eigenvalue weighted by molar-refractivity contribution is 0.662. The van der Waals surface area contributed by atoms with Gasteiger partial charge in [0.25, 0.3) is 0 Å². The van der Waals surface area contributed by atoms with Crippen LogP contribution in [0.5, 0.6) is 0 Å². The molecule has 0 radical (unpaired) electrons. The standard InChI is InChI=1S/C10H13BrClN/c1-3-4-7(2)8-5-9(12)10(11)13-6-8/h5-7H,3-4H2,1-2H3. The van der Waals surface area contributed by atoms with Crippen LogP contribution in [0.15, 0.2) is 16.9 Å². The van der Waals surface area contributed by atoms with Crippen LogP contribution in [0.1, 0.15) is 38.2 Å². The lowest BCUT2D eigenvalue weighted by atomic mass is 9.98. The zero-order valence-electron chi connectivity index (χ0n) is 7.85. The summed E-state index contributed by atoms with van der Waals surface area (Å²) in [4.78, 5) is 4.17. The SMILES string of the molecule is CCCC(C)c1cnc(Br)c(Cl)c1. The molecule has 0 aromatic carbocycles. The Kier molecular flexibility index (Phi) is 4.20. The molecule has 1 aromatic heterocycles. The van der Waals surface area contributed by atoms with E-state index in [4.69, 9.17) is 11.6 Å². The van der Waals surface area contributed by atoms with Crippen molar-refractivity contribution in [2.45, 2.75) is 32.6 Å². The van der Waals surface area contributed by atoms with Crippen molar-refractivity contribution in [1.29, 1.82) is 0 Å². The van der Waals surface area contributed by atoms with Crippen molar-refractivity contribution >= 4 is 27.5 Å². The van der Waals surface area contributed by atoms with Crippen molar-refractivity contribution in [3.63, 3.8) is 0 Å². The van der Waals surface area contributed by atoms with E-state index in [2.05, 4.69) is 34.8 Å². The van der Waals surface area contributed by atoms with Crippen molar-refractivity contribution in [2.75, 3.05) is 0 Å². The first-order valence-electron chi connectivity index (χ1n) is 4.46. The quantitative estimate of drug-likeness (QED) is 0.736. The van der Waals surface area contributed by atoms with Crippen LogP contribution in [0.4, 0.5) is 0 Å². The molecule has 1 aromatic rings. The lowest BCUT2D eigenvalue weighted by Gasteiger charge is -2.10. The average molecular weight is 263 g/mol. The Hall–Kier alpha value is -0.0800. The lowest BCUT2D eigenvalue weighted by Crippen LogP contribution is -1.94. The fourth-order valence-corrected chi connectivity index (χ4v) is 1.70. The van der Waals surface area contributed by atoms with Gasteiger partial charge in [-0.25, -0.2) is 4.98 Å². The third kappa shape index (κ3) is 2.96. The molecule has 0 aliphatic heterocycles. The van der Waals surface area contributed by atoms with E-state index in [9.17, 15) is 0 Å². The molecule has 0 N–H and O–H groups in total. The maximum Gasteiger partial charge on any atom is 0.124 e. The summed E-state index contributed by atoms with van der Waals surface area (Å²) in [5, 5.41) is 0.695. The van der Waals surface area contributed by atoms with Gasteiger partial charge in [0.1, 0.15) is 4.60 Å². The molecule has 1 unspecified atom stereocenters. The van der Waals surface area contributed by atoms with Crippen LogP contribution in [0.2, 0.25) is 5.02 Å². The second kappa shape index (κ2) is 4.97. The molecule has 0 spiro atoms. The molecule has 1 atom stereocenters. The monoisotopic (exact) mass is 261 g/mol. The predicted molar refractivity (Wildman–Crippen MR) is 60.3 cm³/mol. The van der Waals surface area contributed by atoms with E-state index >= 15 is 0 Å². The summed E-state index contributed by atoms with van der Waals surface area (Å²) < 4.78 is 0.724. The molecule has 13 heavy (non-hydrogen) atoms. The van der Waals surface area contributed by atoms with Gasteiger partial charge in [-0.2, -0.15) is 0 Å². The minimum absolute atomic E-state index is 0.545. The predicted octanol–water partition coefficient (Wildman–Crippen LogP) is 4.40. The molecule has 1 nitrogen and oxygen atoms in total. The van der Waals surface area contributed by atoms with Gasteiger partial charge in [-0.05, 0) is 39.9 Å². The highest BCUT2D eigenvalue weighted by Gasteiger charge is 2.06. The van der Waals surface area contributed by atoms with Crippen molar-refractivity contribution in [1.82, 2.24) is 4.98 Å². The number of hydrogen-bond acceptors (Lipinski definition) is 1. The van der Waals surface area contributed by atoms with Crippen molar-refractivity contribution < 1.29 is 0 Å². The van der Waals surface area contributed by atoms with Crippen LogP contribution in [0, 0.1) is 0 Å². The van der Waals surface area contributed by atoms with Gasteiger partial charge in [0.2, 0.25) is 0 Å². The summed E-state index contributed by atoms with van der Waals surface area (Å²) in [7, 11) is 0. The Bertz CT molecular complexity index is 288. The molecule has 0 saturated heterocycles. The Morgan fingerprint density at radius 3 is 2.85 bits per heavy atom. The first kappa shape index (κ1) is 11.0. The van der Waals surface area contributed by atoms with Gasteiger partial charge < -0.3 is 0 Å². The second-order valence-corrected chi connectivity index (χ2v) is 4.39. The summed E-state index contributed by atoms with van der Waals surface area (Å²) in [5.41, 5.74) is 1.22. The topological polar surface area (TPSA) is 12.9 Å². The zero-order valence-corrected chi connectivity index (χ0v) is 10.2. The first-order chi connectivity index (χ1) is 6.15. The van der Waals surface area contributed by atoms with Gasteiger partial charge in [-0.3, -0.25) is 0 Å². The molecule has 72 valence electrons. The number of aromatic nitrogens is 1. The highest BCUT2D eigenvalue weighted by atomic mass is 79.9. The Morgan fingerprint density at radius 1 is 1.62 bits per heavy atom. The Morgan fingerprint density at radius 2 is 2.31 bits per heavy atom. The van der Waals surface area contributed by atoms with Crippen LogP contribution in [0.25, 0.3) is 0 Å². The molecule has 1 rings (SSSR count). The van der Waals surface area contributed by atoms with Crippen molar-refractivity contribution in [3.05, 3.63) is 27.5 Å². The molecule has 0 amide bonds. The third-order valence-corrected chi connectivity index (χ3v) is 3.26. The van der Waals surface area contributed by atoms with Crippen LogP contribution < -0.4 is 0 Å². The van der Waals surface area contributed by atoms with Gasteiger partial charge in [-0.1, -0.05) is 31.9 Å². The highest BCUT2D eigenvalue weighted by Crippen LogP contribution is 2.26. The van der Waals surface area contributed by atoms with E-state index in [1.54, 1.807) is 0 Å². The van der Waals surface area contributed by atoms with Crippen LogP contribution in [-0.2, 0) is 0 Å². The second-order valence-electron chi connectivity index (χ2n) is 3.23. The fourth-order valence-electron chi connectivity index (χ4n) is 1.31. The number of nitrogens with zero attached hydrogens (tertiary/aromatic N) is 1. The molecule has 0 aliphatic rings. The first-order valence-corrected chi connectivity index (χ1v) is 5.63. The molecule has 0 bridgehead atoms. The molecular formula is C10H13BrClN. The summed E-state index contributed by atoms with van der Waals surface area (Å²) in [6.45, 7) is 4.38. The van der Waals surface area contributed by atoms with E-state index in [0.717, 1.165) is 4.60 Å². The van der Waals surface area contributed by atoms with Gasteiger partial charge >= 0.3 is 0 Å². The third-order valence-electron chi connectivity index (χ3n) is 2.11. The minimum atomic E-state index is 0.545.